The quantitative estimate of drug-likeness (QED) is 0.431. The lowest BCUT2D eigenvalue weighted by atomic mass is 10.1. The Morgan fingerprint density at radius 1 is 1.30 bits per heavy atom. The van der Waals surface area contributed by atoms with Crippen LogP contribution in [0.1, 0.15) is 24.3 Å². The van der Waals surface area contributed by atoms with Crippen molar-refractivity contribution in [2.24, 2.45) is 0 Å². The van der Waals surface area contributed by atoms with Crippen molar-refractivity contribution in [1.82, 2.24) is 30.2 Å². The van der Waals surface area contributed by atoms with Crippen LogP contribution in [0.5, 0.6) is 0 Å². The monoisotopic (exact) mass is 365 g/mol. The smallest absolute Gasteiger partial charge is 0.276 e. The van der Waals surface area contributed by atoms with Gasteiger partial charge in [-0.2, -0.15) is 15.3 Å². The molecule has 0 aliphatic heterocycles. The number of carbonyl (C=O) groups is 1. The molecule has 138 valence electrons. The number of nitrogens with zero attached hydrogens (tertiary/aromatic N) is 4. The van der Waals surface area contributed by atoms with Gasteiger partial charge in [-0.1, -0.05) is 6.07 Å². The first-order chi connectivity index (χ1) is 12.9. The number of anilines is 1. The topological polar surface area (TPSA) is 125 Å². The molecule has 27 heavy (non-hydrogen) atoms. The van der Waals surface area contributed by atoms with Crippen LogP contribution in [-0.4, -0.2) is 46.8 Å². The molecule has 0 spiro atoms. The highest BCUT2D eigenvalue weighted by Crippen LogP contribution is 2.24. The predicted octanol–water partition coefficient (Wildman–Crippen LogP) is 2.17. The van der Waals surface area contributed by atoms with E-state index in [1.54, 1.807) is 37.1 Å². The fourth-order valence-corrected chi connectivity index (χ4v) is 2.88. The lowest BCUT2D eigenvalue weighted by Crippen LogP contribution is -2.26. The minimum absolute atomic E-state index is 0.305. The van der Waals surface area contributed by atoms with Crippen molar-refractivity contribution in [3.05, 3.63) is 48.7 Å². The maximum Gasteiger partial charge on any atom is 0.276 e. The summed E-state index contributed by atoms with van der Waals surface area (Å²) in [6.07, 6.45) is 6.74. The van der Waals surface area contributed by atoms with Crippen molar-refractivity contribution in [1.29, 1.82) is 0 Å². The molecule has 1 aromatic carbocycles. The van der Waals surface area contributed by atoms with E-state index in [1.807, 2.05) is 18.2 Å². The highest BCUT2D eigenvalue weighted by molar-refractivity contribution is 6.11. The Morgan fingerprint density at radius 2 is 2.15 bits per heavy atom. The summed E-state index contributed by atoms with van der Waals surface area (Å²) in [4.78, 5) is 12.6. The van der Waals surface area contributed by atoms with Crippen LogP contribution >= 0.6 is 0 Å². The summed E-state index contributed by atoms with van der Waals surface area (Å²) < 4.78 is 1.58. The summed E-state index contributed by atoms with van der Waals surface area (Å²) in [6, 6.07) is 5.69. The number of aromatic nitrogens is 6. The first-order valence-electron chi connectivity index (χ1n) is 8.42. The van der Waals surface area contributed by atoms with Gasteiger partial charge >= 0.3 is 0 Å². The summed E-state index contributed by atoms with van der Waals surface area (Å²) >= 11 is 0. The number of hydrogen-bond donors (Lipinski definition) is 4. The molecule has 3 aromatic heterocycles. The molecule has 3 heterocycles. The molecule has 4 aromatic rings. The van der Waals surface area contributed by atoms with E-state index < -0.39 is 5.60 Å². The van der Waals surface area contributed by atoms with E-state index in [9.17, 15) is 9.90 Å². The Balaban J connectivity index is 1.55. The van der Waals surface area contributed by atoms with Gasteiger partial charge < -0.3 is 10.4 Å². The zero-order valence-corrected chi connectivity index (χ0v) is 14.9. The van der Waals surface area contributed by atoms with E-state index in [2.05, 4.69) is 30.8 Å². The Kier molecular flexibility index (Phi) is 4.00. The molecule has 4 rings (SSSR count). The van der Waals surface area contributed by atoms with Crippen LogP contribution < -0.4 is 5.32 Å². The van der Waals surface area contributed by atoms with Gasteiger partial charge in [-0.05, 0) is 31.5 Å². The zero-order chi connectivity index (χ0) is 19.0. The van der Waals surface area contributed by atoms with Crippen molar-refractivity contribution in [3.63, 3.8) is 0 Å². The van der Waals surface area contributed by atoms with Gasteiger partial charge in [-0.25, -0.2) is 0 Å². The number of rotatable bonds is 5. The third kappa shape index (κ3) is 3.58. The van der Waals surface area contributed by atoms with E-state index in [0.29, 0.717) is 17.9 Å². The van der Waals surface area contributed by atoms with E-state index in [0.717, 1.165) is 22.0 Å². The van der Waals surface area contributed by atoms with Crippen molar-refractivity contribution >= 4 is 22.5 Å². The van der Waals surface area contributed by atoms with Crippen LogP contribution in [-0.2, 0) is 6.54 Å². The Morgan fingerprint density at radius 3 is 2.89 bits per heavy atom. The van der Waals surface area contributed by atoms with Crippen LogP contribution in [0.2, 0.25) is 0 Å². The second-order valence-corrected chi connectivity index (χ2v) is 7.01. The lowest BCUT2D eigenvalue weighted by molar-refractivity contribution is 0.0578. The third-order valence-electron chi connectivity index (χ3n) is 4.05. The molecule has 0 atom stereocenters. The summed E-state index contributed by atoms with van der Waals surface area (Å²) in [5.41, 5.74) is 2.64. The molecule has 0 fully saturated rings. The van der Waals surface area contributed by atoms with E-state index >= 15 is 0 Å². The fourth-order valence-electron chi connectivity index (χ4n) is 2.88. The van der Waals surface area contributed by atoms with Crippen LogP contribution in [0.4, 0.5) is 5.69 Å². The highest BCUT2D eigenvalue weighted by atomic mass is 16.3. The molecule has 9 nitrogen and oxygen atoms in total. The standard InChI is InChI=1S/C18H19N7O2/c1-18(2,27)10-25-9-13(8-21-25)22-17(26)16-14-4-3-11(5-15(14)23-24-16)12-6-19-20-7-12/h3-9,27H,10H2,1-2H3,(H,19,20)(H,22,26)(H,23,24). The van der Waals surface area contributed by atoms with Gasteiger partial charge in [0.05, 0.1) is 35.7 Å². The molecule has 4 N–H and O–H groups in total. The van der Waals surface area contributed by atoms with E-state index in [-0.39, 0.29) is 5.91 Å². The number of fused-ring (bicyclic) bond motifs is 1. The highest BCUT2D eigenvalue weighted by Gasteiger charge is 2.17. The average molecular weight is 365 g/mol. The number of carbonyl (C=O) groups excluding carboxylic acids is 1. The average Bonchev–Trinajstić information content (AvgIpc) is 3.33. The summed E-state index contributed by atoms with van der Waals surface area (Å²) in [5, 5.41) is 31.3. The number of benzene rings is 1. The van der Waals surface area contributed by atoms with Crippen LogP contribution in [0.3, 0.4) is 0 Å². The van der Waals surface area contributed by atoms with Crippen molar-refractivity contribution in [3.8, 4) is 11.1 Å². The van der Waals surface area contributed by atoms with E-state index in [4.69, 9.17) is 0 Å². The number of aromatic amines is 2. The largest absolute Gasteiger partial charge is 0.389 e. The van der Waals surface area contributed by atoms with Gasteiger partial charge in [-0.15, -0.1) is 0 Å². The molecule has 1 amide bonds. The first-order valence-corrected chi connectivity index (χ1v) is 8.42. The maximum absolute atomic E-state index is 12.6. The lowest BCUT2D eigenvalue weighted by Gasteiger charge is -2.16. The van der Waals surface area contributed by atoms with Crippen LogP contribution in [0.15, 0.2) is 43.0 Å². The van der Waals surface area contributed by atoms with Gasteiger partial charge in [0.2, 0.25) is 0 Å². The van der Waals surface area contributed by atoms with Crippen LogP contribution in [0.25, 0.3) is 22.0 Å². The van der Waals surface area contributed by atoms with Crippen LogP contribution in [0, 0.1) is 0 Å². The molecule has 0 bridgehead atoms. The number of hydrogen-bond acceptors (Lipinski definition) is 5. The number of aliphatic hydroxyl groups is 1. The number of nitrogens with one attached hydrogen (secondary N) is 3. The minimum atomic E-state index is -0.890. The molecule has 0 aliphatic carbocycles. The maximum atomic E-state index is 12.6. The second kappa shape index (κ2) is 6.36. The summed E-state index contributed by atoms with van der Waals surface area (Å²) in [5.74, 6) is -0.333. The van der Waals surface area contributed by atoms with Crippen molar-refractivity contribution < 1.29 is 9.90 Å². The van der Waals surface area contributed by atoms with Gasteiger partial charge in [0.25, 0.3) is 5.91 Å². The van der Waals surface area contributed by atoms with E-state index in [1.165, 1.54) is 6.20 Å². The minimum Gasteiger partial charge on any atom is -0.389 e. The molecule has 0 saturated heterocycles. The van der Waals surface area contributed by atoms with Gasteiger partial charge in [0.1, 0.15) is 0 Å². The Bertz CT molecular complexity index is 1090. The van der Waals surface area contributed by atoms with Gasteiger partial charge in [0, 0.05) is 23.3 Å². The fraction of sp³-hybridized carbons (Fsp3) is 0.222. The molecule has 0 aliphatic rings. The second-order valence-electron chi connectivity index (χ2n) is 7.01. The third-order valence-corrected chi connectivity index (χ3v) is 4.05. The zero-order valence-electron chi connectivity index (χ0n) is 14.9. The molecule has 9 heteroatoms. The molecular formula is C18H19N7O2. The van der Waals surface area contributed by atoms with Gasteiger partial charge in [-0.3, -0.25) is 19.7 Å². The number of H-pyrrole nitrogens is 2. The summed E-state index contributed by atoms with van der Waals surface area (Å²) in [7, 11) is 0. The SMILES string of the molecule is CC(C)(O)Cn1cc(NC(=O)c2n[nH]c3cc(-c4cn[nH]c4)ccc23)cn1. The summed E-state index contributed by atoms with van der Waals surface area (Å²) in [6.45, 7) is 3.71. The van der Waals surface area contributed by atoms with Gasteiger partial charge in [0.15, 0.2) is 5.69 Å². The normalized spacial score (nSPS) is 11.8. The molecule has 0 unspecified atom stereocenters. The Hall–Kier alpha value is -3.46. The molecule has 0 saturated carbocycles. The first kappa shape index (κ1) is 17.0. The Labute approximate surface area is 154 Å². The molecule has 0 radical (unpaired) electrons. The number of amides is 1. The molecular weight excluding hydrogens is 346 g/mol. The van der Waals surface area contributed by atoms with Crippen molar-refractivity contribution in [2.45, 2.75) is 26.0 Å². The van der Waals surface area contributed by atoms with Crippen molar-refractivity contribution in [2.75, 3.05) is 5.32 Å². The predicted molar refractivity (Wildman–Crippen MR) is 100 cm³/mol.